The molecule has 0 saturated heterocycles. The quantitative estimate of drug-likeness (QED) is 0.566. The summed E-state index contributed by atoms with van der Waals surface area (Å²) in [7, 11) is 0. The SMILES string of the molecule is C[C@]12C=CC3=C4CCC(=O)C=C4CCC3[C@@H]1CC[C@]2(C)c1cc(F)cc(F)c1. The lowest BCUT2D eigenvalue weighted by Gasteiger charge is -2.50. The molecule has 3 heteroatoms. The van der Waals surface area contributed by atoms with Gasteiger partial charge in [-0.05, 0) is 89.8 Å². The predicted molar refractivity (Wildman–Crippen MR) is 106 cm³/mol. The van der Waals surface area contributed by atoms with Crippen LogP contribution in [0.2, 0.25) is 0 Å². The second-order valence-electron chi connectivity index (χ2n) is 9.47. The third-order valence-electron chi connectivity index (χ3n) is 8.33. The highest BCUT2D eigenvalue weighted by atomic mass is 19.1. The number of carbonyl (C=O) groups excluding carboxylic acids is 1. The smallest absolute Gasteiger partial charge is 0.156 e. The molecule has 146 valence electrons. The summed E-state index contributed by atoms with van der Waals surface area (Å²) in [5.74, 6) is 0.213. The summed E-state index contributed by atoms with van der Waals surface area (Å²) in [6, 6.07) is 4.00. The largest absolute Gasteiger partial charge is 0.295 e. The maximum atomic E-state index is 14.0. The van der Waals surface area contributed by atoms with Crippen molar-refractivity contribution in [2.45, 2.75) is 57.8 Å². The Morgan fingerprint density at radius 3 is 2.50 bits per heavy atom. The maximum absolute atomic E-state index is 14.0. The van der Waals surface area contributed by atoms with Gasteiger partial charge in [-0.2, -0.15) is 0 Å². The van der Waals surface area contributed by atoms with Gasteiger partial charge < -0.3 is 0 Å². The average molecular weight is 380 g/mol. The molecule has 1 aromatic rings. The van der Waals surface area contributed by atoms with Crippen molar-refractivity contribution in [3.63, 3.8) is 0 Å². The molecular formula is C25H26F2O. The van der Waals surface area contributed by atoms with Crippen LogP contribution in [0.3, 0.4) is 0 Å². The number of fused-ring (bicyclic) bond motifs is 4. The van der Waals surface area contributed by atoms with Gasteiger partial charge in [-0.3, -0.25) is 4.79 Å². The van der Waals surface area contributed by atoms with Gasteiger partial charge in [-0.1, -0.05) is 26.0 Å². The lowest BCUT2D eigenvalue weighted by molar-refractivity contribution is -0.114. The summed E-state index contributed by atoms with van der Waals surface area (Å²) in [5, 5.41) is 0. The second kappa shape index (κ2) is 5.98. The van der Waals surface area contributed by atoms with Crippen molar-refractivity contribution in [3.8, 4) is 0 Å². The zero-order chi connectivity index (χ0) is 19.7. The van der Waals surface area contributed by atoms with Crippen molar-refractivity contribution >= 4 is 5.78 Å². The first-order valence-corrected chi connectivity index (χ1v) is 10.4. The highest BCUT2D eigenvalue weighted by Crippen LogP contribution is 2.64. The van der Waals surface area contributed by atoms with Crippen LogP contribution < -0.4 is 0 Å². The molecule has 4 aliphatic rings. The van der Waals surface area contributed by atoms with Crippen molar-refractivity contribution < 1.29 is 13.6 Å². The van der Waals surface area contributed by atoms with Gasteiger partial charge in [0, 0.05) is 17.9 Å². The Balaban J connectivity index is 1.61. The molecule has 0 aliphatic heterocycles. The van der Waals surface area contributed by atoms with Gasteiger partial charge >= 0.3 is 0 Å². The Kier molecular flexibility index (Phi) is 3.85. The van der Waals surface area contributed by atoms with Gasteiger partial charge in [0.2, 0.25) is 0 Å². The van der Waals surface area contributed by atoms with E-state index in [1.54, 1.807) is 0 Å². The van der Waals surface area contributed by atoms with Crippen LogP contribution >= 0.6 is 0 Å². The van der Waals surface area contributed by atoms with Crippen LogP contribution in [0, 0.1) is 28.9 Å². The van der Waals surface area contributed by atoms with E-state index in [-0.39, 0.29) is 16.6 Å². The summed E-state index contributed by atoms with van der Waals surface area (Å²) < 4.78 is 28.0. The van der Waals surface area contributed by atoms with E-state index in [2.05, 4.69) is 26.0 Å². The average Bonchev–Trinajstić information content (AvgIpc) is 2.93. The van der Waals surface area contributed by atoms with E-state index in [9.17, 15) is 13.6 Å². The molecule has 0 amide bonds. The number of hydrogen-bond donors (Lipinski definition) is 0. The number of benzene rings is 1. The van der Waals surface area contributed by atoms with Crippen LogP contribution in [-0.4, -0.2) is 5.78 Å². The normalized spacial score (nSPS) is 36.7. The molecule has 28 heavy (non-hydrogen) atoms. The van der Waals surface area contributed by atoms with Crippen LogP contribution in [0.15, 0.2) is 53.1 Å². The molecule has 0 radical (unpaired) electrons. The molecule has 4 aliphatic carbocycles. The summed E-state index contributed by atoms with van der Waals surface area (Å²) >= 11 is 0. The predicted octanol–water partition coefficient (Wildman–Crippen LogP) is 6.20. The van der Waals surface area contributed by atoms with Crippen LogP contribution in [0.4, 0.5) is 8.78 Å². The first-order chi connectivity index (χ1) is 13.3. The van der Waals surface area contributed by atoms with E-state index >= 15 is 0 Å². The van der Waals surface area contributed by atoms with Gasteiger partial charge in [-0.15, -0.1) is 0 Å². The van der Waals surface area contributed by atoms with Crippen molar-refractivity contribution in [1.82, 2.24) is 0 Å². The minimum Gasteiger partial charge on any atom is -0.295 e. The van der Waals surface area contributed by atoms with E-state index in [1.165, 1.54) is 28.9 Å². The molecule has 0 bridgehead atoms. The molecule has 5 rings (SSSR count). The van der Waals surface area contributed by atoms with Crippen molar-refractivity contribution in [2.24, 2.45) is 17.3 Å². The van der Waals surface area contributed by atoms with Gasteiger partial charge in [-0.25, -0.2) is 8.78 Å². The van der Waals surface area contributed by atoms with E-state index in [0.717, 1.165) is 43.7 Å². The molecule has 1 saturated carbocycles. The summed E-state index contributed by atoms with van der Waals surface area (Å²) in [5.41, 5.74) is 4.40. The summed E-state index contributed by atoms with van der Waals surface area (Å²) in [6.07, 6.45) is 12.0. The number of hydrogen-bond acceptors (Lipinski definition) is 1. The Morgan fingerprint density at radius 1 is 1.00 bits per heavy atom. The van der Waals surface area contributed by atoms with E-state index < -0.39 is 11.6 Å². The van der Waals surface area contributed by atoms with Gasteiger partial charge in [0.25, 0.3) is 0 Å². The van der Waals surface area contributed by atoms with Gasteiger partial charge in [0.15, 0.2) is 5.78 Å². The molecule has 1 fully saturated rings. The highest BCUT2D eigenvalue weighted by Gasteiger charge is 2.58. The zero-order valence-corrected chi connectivity index (χ0v) is 16.5. The number of rotatable bonds is 1. The minimum absolute atomic E-state index is 0.131. The second-order valence-corrected chi connectivity index (χ2v) is 9.47. The lowest BCUT2D eigenvalue weighted by Crippen LogP contribution is -2.44. The fraction of sp³-hybridized carbons (Fsp3) is 0.480. The van der Waals surface area contributed by atoms with Gasteiger partial charge in [0.1, 0.15) is 11.6 Å². The molecule has 0 heterocycles. The summed E-state index contributed by atoms with van der Waals surface area (Å²) in [4.78, 5) is 11.8. The van der Waals surface area contributed by atoms with Crippen LogP contribution in [-0.2, 0) is 10.2 Å². The fourth-order valence-electron chi connectivity index (χ4n) is 6.59. The van der Waals surface area contributed by atoms with Crippen molar-refractivity contribution in [1.29, 1.82) is 0 Å². The molecule has 4 atom stereocenters. The van der Waals surface area contributed by atoms with Crippen molar-refractivity contribution in [3.05, 3.63) is 70.3 Å². The number of ketones is 1. The summed E-state index contributed by atoms with van der Waals surface area (Å²) in [6.45, 7) is 4.46. The maximum Gasteiger partial charge on any atom is 0.156 e. The standard InChI is InChI=1S/C25H26F2O/c1-24(16-12-17(26)14-18(27)13-16)10-8-23-22-5-3-15-11-19(28)4-6-20(15)21(22)7-9-25(23,24)2/h7,9,11-14,22-23H,3-6,8,10H2,1-2H3/t22?,23-,24+,25-/m0/s1. The topological polar surface area (TPSA) is 17.1 Å². The minimum atomic E-state index is -0.495. The highest BCUT2D eigenvalue weighted by molar-refractivity contribution is 5.93. The monoisotopic (exact) mass is 380 g/mol. The molecule has 1 aromatic carbocycles. The van der Waals surface area contributed by atoms with Crippen LogP contribution in [0.1, 0.15) is 57.9 Å². The number of halogens is 2. The van der Waals surface area contributed by atoms with E-state index in [1.807, 2.05) is 6.08 Å². The lowest BCUT2D eigenvalue weighted by atomic mass is 9.54. The van der Waals surface area contributed by atoms with E-state index in [0.29, 0.717) is 18.3 Å². The Morgan fingerprint density at radius 2 is 1.75 bits per heavy atom. The van der Waals surface area contributed by atoms with Crippen LogP contribution in [0.25, 0.3) is 0 Å². The molecule has 0 aromatic heterocycles. The third-order valence-corrected chi connectivity index (χ3v) is 8.33. The Labute approximate surface area is 165 Å². The molecule has 1 nitrogen and oxygen atoms in total. The first-order valence-electron chi connectivity index (χ1n) is 10.4. The first kappa shape index (κ1) is 18.0. The molecule has 1 unspecified atom stereocenters. The number of allylic oxidation sites excluding steroid dienone is 6. The molecular weight excluding hydrogens is 354 g/mol. The van der Waals surface area contributed by atoms with Crippen molar-refractivity contribution in [2.75, 3.05) is 0 Å². The third kappa shape index (κ3) is 2.38. The molecule has 0 N–H and O–H groups in total. The fourth-order valence-corrected chi connectivity index (χ4v) is 6.59. The Bertz CT molecular complexity index is 949. The molecule has 0 spiro atoms. The zero-order valence-electron chi connectivity index (χ0n) is 16.5. The van der Waals surface area contributed by atoms with Gasteiger partial charge in [0.05, 0.1) is 0 Å². The number of carbonyl (C=O) groups is 1. The van der Waals surface area contributed by atoms with Crippen LogP contribution in [0.5, 0.6) is 0 Å². The Hall–Kier alpha value is -2.03. The van der Waals surface area contributed by atoms with E-state index in [4.69, 9.17) is 0 Å².